The number of allylic oxidation sites excluding steroid dienone is 2. The SMILES string of the molecule is Brc1cnn(CC2CC=CC2)c1. The average molecular weight is 227 g/mol. The van der Waals surface area contributed by atoms with Crippen LogP contribution >= 0.6 is 15.9 Å². The Hall–Kier alpha value is -0.570. The van der Waals surface area contributed by atoms with Gasteiger partial charge in [0.2, 0.25) is 0 Å². The molecular formula is C9H11BrN2. The summed E-state index contributed by atoms with van der Waals surface area (Å²) in [6.45, 7) is 1.04. The fourth-order valence-corrected chi connectivity index (χ4v) is 1.85. The van der Waals surface area contributed by atoms with E-state index >= 15 is 0 Å². The van der Waals surface area contributed by atoms with E-state index in [0.29, 0.717) is 0 Å². The van der Waals surface area contributed by atoms with Gasteiger partial charge in [-0.15, -0.1) is 0 Å². The molecule has 0 bridgehead atoms. The summed E-state index contributed by atoms with van der Waals surface area (Å²) in [6.07, 6.45) is 10.8. The lowest BCUT2D eigenvalue weighted by atomic mass is 10.1. The Bertz CT molecular complexity index is 282. The maximum Gasteiger partial charge on any atom is 0.0632 e. The first-order valence-electron chi connectivity index (χ1n) is 4.17. The molecule has 0 saturated heterocycles. The molecule has 1 aromatic rings. The minimum Gasteiger partial charge on any atom is -0.271 e. The van der Waals surface area contributed by atoms with Crippen LogP contribution in [-0.4, -0.2) is 9.78 Å². The van der Waals surface area contributed by atoms with Gasteiger partial charge in [-0.1, -0.05) is 12.2 Å². The Morgan fingerprint density at radius 3 is 2.83 bits per heavy atom. The molecule has 0 spiro atoms. The van der Waals surface area contributed by atoms with Gasteiger partial charge >= 0.3 is 0 Å². The molecule has 0 unspecified atom stereocenters. The zero-order chi connectivity index (χ0) is 8.39. The van der Waals surface area contributed by atoms with Crippen LogP contribution < -0.4 is 0 Å². The predicted octanol–water partition coefficient (Wildman–Crippen LogP) is 2.61. The largest absolute Gasteiger partial charge is 0.271 e. The normalized spacial score (nSPS) is 17.4. The van der Waals surface area contributed by atoms with E-state index in [1.54, 1.807) is 0 Å². The first-order valence-corrected chi connectivity index (χ1v) is 4.97. The van der Waals surface area contributed by atoms with Crippen molar-refractivity contribution in [2.45, 2.75) is 19.4 Å². The van der Waals surface area contributed by atoms with Crippen molar-refractivity contribution in [1.82, 2.24) is 9.78 Å². The van der Waals surface area contributed by atoms with E-state index in [2.05, 4.69) is 33.2 Å². The standard InChI is InChI=1S/C9H11BrN2/c10-9-5-11-12(7-9)6-8-3-1-2-4-8/h1-2,5,7-8H,3-4,6H2. The summed E-state index contributed by atoms with van der Waals surface area (Å²) in [4.78, 5) is 0. The maximum atomic E-state index is 4.22. The molecule has 12 heavy (non-hydrogen) atoms. The molecule has 1 aliphatic carbocycles. The van der Waals surface area contributed by atoms with E-state index in [4.69, 9.17) is 0 Å². The maximum absolute atomic E-state index is 4.22. The first kappa shape index (κ1) is 8.05. The molecule has 0 fully saturated rings. The van der Waals surface area contributed by atoms with Gasteiger partial charge < -0.3 is 0 Å². The van der Waals surface area contributed by atoms with E-state index in [1.165, 1.54) is 12.8 Å². The van der Waals surface area contributed by atoms with Crippen molar-refractivity contribution in [2.75, 3.05) is 0 Å². The lowest BCUT2D eigenvalue weighted by Gasteiger charge is -2.07. The topological polar surface area (TPSA) is 17.8 Å². The smallest absolute Gasteiger partial charge is 0.0632 e. The highest BCUT2D eigenvalue weighted by Crippen LogP contribution is 2.19. The zero-order valence-corrected chi connectivity index (χ0v) is 8.37. The molecule has 2 rings (SSSR count). The molecule has 64 valence electrons. The summed E-state index contributed by atoms with van der Waals surface area (Å²) in [5, 5.41) is 4.22. The van der Waals surface area contributed by atoms with Gasteiger partial charge in [0, 0.05) is 12.7 Å². The van der Waals surface area contributed by atoms with Crippen LogP contribution in [-0.2, 0) is 6.54 Å². The van der Waals surface area contributed by atoms with Gasteiger partial charge in [0.25, 0.3) is 0 Å². The molecule has 1 aromatic heterocycles. The van der Waals surface area contributed by atoms with Crippen molar-refractivity contribution < 1.29 is 0 Å². The van der Waals surface area contributed by atoms with Crippen molar-refractivity contribution in [1.29, 1.82) is 0 Å². The summed E-state index contributed by atoms with van der Waals surface area (Å²) < 4.78 is 3.07. The van der Waals surface area contributed by atoms with Gasteiger partial charge in [-0.3, -0.25) is 4.68 Å². The quantitative estimate of drug-likeness (QED) is 0.710. The van der Waals surface area contributed by atoms with Crippen LogP contribution in [0.1, 0.15) is 12.8 Å². The van der Waals surface area contributed by atoms with Crippen LogP contribution in [0.4, 0.5) is 0 Å². The van der Waals surface area contributed by atoms with Crippen LogP contribution in [0.15, 0.2) is 29.0 Å². The monoisotopic (exact) mass is 226 g/mol. The molecule has 0 radical (unpaired) electrons. The van der Waals surface area contributed by atoms with Gasteiger partial charge in [0.15, 0.2) is 0 Å². The minimum atomic E-state index is 0.761. The van der Waals surface area contributed by atoms with E-state index < -0.39 is 0 Å². The highest BCUT2D eigenvalue weighted by molar-refractivity contribution is 9.10. The Balaban J connectivity index is 1.95. The second-order valence-electron chi connectivity index (χ2n) is 3.19. The second-order valence-corrected chi connectivity index (χ2v) is 4.11. The molecule has 0 N–H and O–H groups in total. The number of aromatic nitrogens is 2. The van der Waals surface area contributed by atoms with Crippen LogP contribution in [0.25, 0.3) is 0 Å². The van der Waals surface area contributed by atoms with E-state index in [0.717, 1.165) is 16.9 Å². The summed E-state index contributed by atoms with van der Waals surface area (Å²) in [5.74, 6) is 0.761. The summed E-state index contributed by atoms with van der Waals surface area (Å²) >= 11 is 3.38. The van der Waals surface area contributed by atoms with E-state index in [1.807, 2.05) is 17.1 Å². The third-order valence-electron chi connectivity index (χ3n) is 2.15. The average Bonchev–Trinajstić information content (AvgIpc) is 2.63. The van der Waals surface area contributed by atoms with Crippen molar-refractivity contribution in [3.63, 3.8) is 0 Å². The van der Waals surface area contributed by atoms with Crippen LogP contribution in [0.3, 0.4) is 0 Å². The number of rotatable bonds is 2. The molecule has 1 aliphatic rings. The molecule has 0 amide bonds. The van der Waals surface area contributed by atoms with E-state index in [9.17, 15) is 0 Å². The highest BCUT2D eigenvalue weighted by Gasteiger charge is 2.10. The van der Waals surface area contributed by atoms with Crippen LogP contribution in [0.2, 0.25) is 0 Å². The fraction of sp³-hybridized carbons (Fsp3) is 0.444. The third-order valence-corrected chi connectivity index (χ3v) is 2.56. The molecule has 2 nitrogen and oxygen atoms in total. The predicted molar refractivity (Wildman–Crippen MR) is 51.8 cm³/mol. The lowest BCUT2D eigenvalue weighted by molar-refractivity contribution is 0.441. The zero-order valence-electron chi connectivity index (χ0n) is 6.78. The highest BCUT2D eigenvalue weighted by atomic mass is 79.9. The molecule has 1 heterocycles. The first-order chi connectivity index (χ1) is 5.84. The Kier molecular flexibility index (Phi) is 2.30. The second kappa shape index (κ2) is 3.44. The van der Waals surface area contributed by atoms with Crippen molar-refractivity contribution in [3.8, 4) is 0 Å². The molecule has 0 saturated carbocycles. The molecule has 0 aliphatic heterocycles. The number of halogens is 1. The lowest BCUT2D eigenvalue weighted by Crippen LogP contribution is -2.07. The summed E-state index contributed by atoms with van der Waals surface area (Å²) in [6, 6.07) is 0. The van der Waals surface area contributed by atoms with Gasteiger partial charge in [-0.2, -0.15) is 5.10 Å². The number of hydrogen-bond donors (Lipinski definition) is 0. The van der Waals surface area contributed by atoms with Crippen molar-refractivity contribution in [3.05, 3.63) is 29.0 Å². The third kappa shape index (κ3) is 1.78. The van der Waals surface area contributed by atoms with E-state index in [-0.39, 0.29) is 0 Å². The molecule has 3 heteroatoms. The Labute approximate surface area is 80.4 Å². The fourth-order valence-electron chi connectivity index (χ4n) is 1.53. The van der Waals surface area contributed by atoms with Crippen LogP contribution in [0.5, 0.6) is 0 Å². The van der Waals surface area contributed by atoms with Gasteiger partial charge in [0.05, 0.1) is 10.7 Å². The molecule has 0 atom stereocenters. The van der Waals surface area contributed by atoms with Crippen molar-refractivity contribution in [2.24, 2.45) is 5.92 Å². The molecule has 0 aromatic carbocycles. The van der Waals surface area contributed by atoms with Gasteiger partial charge in [0.1, 0.15) is 0 Å². The van der Waals surface area contributed by atoms with Gasteiger partial charge in [-0.25, -0.2) is 0 Å². The summed E-state index contributed by atoms with van der Waals surface area (Å²) in [7, 11) is 0. The van der Waals surface area contributed by atoms with Gasteiger partial charge in [-0.05, 0) is 34.7 Å². The molecular weight excluding hydrogens is 216 g/mol. The number of nitrogens with zero attached hydrogens (tertiary/aromatic N) is 2. The Morgan fingerprint density at radius 1 is 1.50 bits per heavy atom. The van der Waals surface area contributed by atoms with Crippen molar-refractivity contribution >= 4 is 15.9 Å². The number of hydrogen-bond acceptors (Lipinski definition) is 1. The van der Waals surface area contributed by atoms with Crippen LogP contribution in [0, 0.1) is 5.92 Å². The summed E-state index contributed by atoms with van der Waals surface area (Å²) in [5.41, 5.74) is 0. The Morgan fingerprint density at radius 2 is 2.25 bits per heavy atom. The minimum absolute atomic E-state index is 0.761.